The Hall–Kier alpha value is -1.56. The Labute approximate surface area is 111 Å². The van der Waals surface area contributed by atoms with E-state index in [2.05, 4.69) is 76.2 Å². The van der Waals surface area contributed by atoms with E-state index in [1.165, 1.54) is 22.3 Å². The third kappa shape index (κ3) is 3.01. The summed E-state index contributed by atoms with van der Waals surface area (Å²) in [6, 6.07) is 17.6. The molecule has 0 saturated carbocycles. The molecule has 0 amide bonds. The van der Waals surface area contributed by atoms with E-state index in [-0.39, 0.29) is 5.41 Å². The second-order valence-corrected chi connectivity index (χ2v) is 6.05. The van der Waals surface area contributed by atoms with Crippen LogP contribution in [0.1, 0.15) is 43.0 Å². The van der Waals surface area contributed by atoms with E-state index in [0.29, 0.717) is 0 Å². The predicted molar refractivity (Wildman–Crippen MR) is 79.1 cm³/mol. The molecule has 0 atom stereocenters. The lowest BCUT2D eigenvalue weighted by Crippen LogP contribution is -2.10. The summed E-state index contributed by atoms with van der Waals surface area (Å²) in [7, 11) is 0. The van der Waals surface area contributed by atoms with E-state index in [1.54, 1.807) is 0 Å². The summed E-state index contributed by atoms with van der Waals surface area (Å²) < 4.78 is 0. The van der Waals surface area contributed by atoms with Crippen LogP contribution in [0.25, 0.3) is 0 Å². The molecule has 0 aliphatic carbocycles. The largest absolute Gasteiger partial charge is 0.0620 e. The lowest BCUT2D eigenvalue weighted by molar-refractivity contribution is 0.590. The fourth-order valence-corrected chi connectivity index (χ4v) is 2.15. The van der Waals surface area contributed by atoms with Gasteiger partial charge in [0.1, 0.15) is 0 Å². The SMILES string of the molecule is Cc1ccccc1Cc1ccc(C(C)(C)C)cc1. The molecule has 0 radical (unpaired) electrons. The Kier molecular flexibility index (Phi) is 3.56. The molecule has 2 rings (SSSR count). The quantitative estimate of drug-likeness (QED) is 0.699. The van der Waals surface area contributed by atoms with Gasteiger partial charge in [-0.2, -0.15) is 0 Å². The Bertz CT molecular complexity index is 512. The standard InChI is InChI=1S/C18H22/c1-14-7-5-6-8-16(14)13-15-9-11-17(12-10-15)18(2,3)4/h5-12H,13H2,1-4H3. The molecule has 94 valence electrons. The first kappa shape index (κ1) is 12.9. The minimum Gasteiger partial charge on any atom is -0.0620 e. The lowest BCUT2D eigenvalue weighted by atomic mass is 9.86. The van der Waals surface area contributed by atoms with Gasteiger partial charge in [-0.15, -0.1) is 0 Å². The number of benzene rings is 2. The van der Waals surface area contributed by atoms with Gasteiger partial charge >= 0.3 is 0 Å². The Morgan fingerprint density at radius 1 is 0.833 bits per heavy atom. The summed E-state index contributed by atoms with van der Waals surface area (Å²) in [5.41, 5.74) is 5.81. The van der Waals surface area contributed by atoms with Crippen molar-refractivity contribution in [2.45, 2.75) is 39.5 Å². The van der Waals surface area contributed by atoms with Crippen LogP contribution in [-0.2, 0) is 11.8 Å². The van der Waals surface area contributed by atoms with Crippen molar-refractivity contribution in [1.29, 1.82) is 0 Å². The summed E-state index contributed by atoms with van der Waals surface area (Å²) >= 11 is 0. The van der Waals surface area contributed by atoms with Crippen LogP contribution >= 0.6 is 0 Å². The van der Waals surface area contributed by atoms with Crippen LogP contribution in [0, 0.1) is 6.92 Å². The molecule has 0 N–H and O–H groups in total. The molecule has 0 spiro atoms. The molecular weight excluding hydrogens is 216 g/mol. The summed E-state index contributed by atoms with van der Waals surface area (Å²) in [5, 5.41) is 0. The number of hydrogen-bond acceptors (Lipinski definition) is 0. The van der Waals surface area contributed by atoms with Crippen LogP contribution in [0.4, 0.5) is 0 Å². The summed E-state index contributed by atoms with van der Waals surface area (Å²) in [6.45, 7) is 8.94. The number of hydrogen-bond donors (Lipinski definition) is 0. The van der Waals surface area contributed by atoms with Crippen molar-refractivity contribution in [3.63, 3.8) is 0 Å². The molecule has 18 heavy (non-hydrogen) atoms. The second kappa shape index (κ2) is 4.97. The van der Waals surface area contributed by atoms with Gasteiger partial charge in [-0.3, -0.25) is 0 Å². The molecule has 0 aromatic heterocycles. The molecule has 2 aromatic carbocycles. The van der Waals surface area contributed by atoms with E-state index in [1.807, 2.05) is 0 Å². The van der Waals surface area contributed by atoms with E-state index in [9.17, 15) is 0 Å². The highest BCUT2D eigenvalue weighted by Gasteiger charge is 2.12. The van der Waals surface area contributed by atoms with Crippen LogP contribution in [0.3, 0.4) is 0 Å². The third-order valence-electron chi connectivity index (χ3n) is 3.48. The average molecular weight is 238 g/mol. The average Bonchev–Trinajstić information content (AvgIpc) is 2.32. The zero-order valence-corrected chi connectivity index (χ0v) is 11.8. The van der Waals surface area contributed by atoms with Crippen LogP contribution in [0.15, 0.2) is 48.5 Å². The Morgan fingerprint density at radius 2 is 1.44 bits per heavy atom. The molecule has 0 fully saturated rings. The summed E-state index contributed by atoms with van der Waals surface area (Å²) in [5.74, 6) is 0. The second-order valence-electron chi connectivity index (χ2n) is 6.05. The van der Waals surface area contributed by atoms with Gasteiger partial charge in [0.15, 0.2) is 0 Å². The molecule has 0 unspecified atom stereocenters. The van der Waals surface area contributed by atoms with Crippen LogP contribution in [-0.4, -0.2) is 0 Å². The van der Waals surface area contributed by atoms with Crippen molar-refractivity contribution in [3.05, 3.63) is 70.8 Å². The minimum absolute atomic E-state index is 0.237. The van der Waals surface area contributed by atoms with Gasteiger partial charge < -0.3 is 0 Å². The van der Waals surface area contributed by atoms with Crippen molar-refractivity contribution in [1.82, 2.24) is 0 Å². The summed E-state index contributed by atoms with van der Waals surface area (Å²) in [4.78, 5) is 0. The van der Waals surface area contributed by atoms with Crippen molar-refractivity contribution in [2.24, 2.45) is 0 Å². The van der Waals surface area contributed by atoms with Crippen molar-refractivity contribution in [3.8, 4) is 0 Å². The predicted octanol–water partition coefficient (Wildman–Crippen LogP) is 4.88. The van der Waals surface area contributed by atoms with E-state index < -0.39 is 0 Å². The van der Waals surface area contributed by atoms with Crippen molar-refractivity contribution in [2.75, 3.05) is 0 Å². The lowest BCUT2D eigenvalue weighted by Gasteiger charge is -2.19. The van der Waals surface area contributed by atoms with Crippen LogP contribution in [0.5, 0.6) is 0 Å². The van der Waals surface area contributed by atoms with Crippen LogP contribution in [0.2, 0.25) is 0 Å². The summed E-state index contributed by atoms with van der Waals surface area (Å²) in [6.07, 6.45) is 1.02. The Morgan fingerprint density at radius 3 is 2.00 bits per heavy atom. The smallest absolute Gasteiger partial charge is 0.00231 e. The molecule has 2 aromatic rings. The van der Waals surface area contributed by atoms with Gasteiger partial charge in [-0.25, -0.2) is 0 Å². The molecule has 0 saturated heterocycles. The maximum atomic E-state index is 2.26. The maximum absolute atomic E-state index is 2.26. The topological polar surface area (TPSA) is 0 Å². The van der Waals surface area contributed by atoms with Crippen molar-refractivity contribution >= 4 is 0 Å². The fourth-order valence-electron chi connectivity index (χ4n) is 2.15. The highest BCUT2D eigenvalue weighted by atomic mass is 14.2. The van der Waals surface area contributed by atoms with Gasteiger partial charge in [0.2, 0.25) is 0 Å². The molecule has 0 heterocycles. The monoisotopic (exact) mass is 238 g/mol. The van der Waals surface area contributed by atoms with Crippen molar-refractivity contribution < 1.29 is 0 Å². The molecule has 0 heteroatoms. The highest BCUT2D eigenvalue weighted by Crippen LogP contribution is 2.23. The minimum atomic E-state index is 0.237. The first-order valence-electron chi connectivity index (χ1n) is 6.61. The normalized spacial score (nSPS) is 11.6. The zero-order valence-electron chi connectivity index (χ0n) is 11.8. The molecule has 0 bridgehead atoms. The van der Waals surface area contributed by atoms with Gasteiger partial charge in [0, 0.05) is 0 Å². The maximum Gasteiger partial charge on any atom is -0.00231 e. The number of aryl methyl sites for hydroxylation is 1. The van der Waals surface area contributed by atoms with Gasteiger partial charge in [0.05, 0.1) is 0 Å². The van der Waals surface area contributed by atoms with Crippen LogP contribution < -0.4 is 0 Å². The fraction of sp³-hybridized carbons (Fsp3) is 0.333. The van der Waals surface area contributed by atoms with E-state index >= 15 is 0 Å². The van der Waals surface area contributed by atoms with Gasteiger partial charge in [-0.05, 0) is 41.0 Å². The molecule has 0 nitrogen and oxygen atoms in total. The van der Waals surface area contributed by atoms with Gasteiger partial charge in [0.25, 0.3) is 0 Å². The highest BCUT2D eigenvalue weighted by molar-refractivity contribution is 5.34. The molecular formula is C18H22. The van der Waals surface area contributed by atoms with E-state index in [4.69, 9.17) is 0 Å². The first-order chi connectivity index (χ1) is 8.47. The Balaban J connectivity index is 2.19. The zero-order chi connectivity index (χ0) is 13.2. The number of rotatable bonds is 2. The first-order valence-corrected chi connectivity index (χ1v) is 6.61. The molecule has 0 aliphatic rings. The molecule has 0 aliphatic heterocycles. The van der Waals surface area contributed by atoms with E-state index in [0.717, 1.165) is 6.42 Å². The van der Waals surface area contributed by atoms with Gasteiger partial charge in [-0.1, -0.05) is 69.3 Å². The third-order valence-corrected chi connectivity index (χ3v) is 3.48.